The molecule has 156 valence electrons. The molecule has 0 spiro atoms. The van der Waals surface area contributed by atoms with Crippen LogP contribution in [0.4, 0.5) is 0 Å². The van der Waals surface area contributed by atoms with Gasteiger partial charge in [-0.25, -0.2) is 4.99 Å². The van der Waals surface area contributed by atoms with Gasteiger partial charge >= 0.3 is 0 Å². The Hall–Kier alpha value is -1.39. The highest BCUT2D eigenvalue weighted by Crippen LogP contribution is 2.25. The fourth-order valence-electron chi connectivity index (χ4n) is 2.43. The SMILES string of the molecule is CCNC(=NCc1cc(Cl)c(Cl)n1C)NCCCNC(=O)c1occc1C.I. The Labute approximate surface area is 192 Å². The Morgan fingerprint density at radius 1 is 1.25 bits per heavy atom. The predicted octanol–water partition coefficient (Wildman–Crippen LogP) is 3.73. The maximum atomic E-state index is 12.0. The van der Waals surface area contributed by atoms with Gasteiger partial charge in [-0.1, -0.05) is 23.2 Å². The Bertz CT molecular complexity index is 804. The molecule has 0 radical (unpaired) electrons. The van der Waals surface area contributed by atoms with E-state index in [1.54, 1.807) is 6.07 Å². The van der Waals surface area contributed by atoms with Crippen LogP contribution < -0.4 is 16.0 Å². The van der Waals surface area contributed by atoms with Crippen molar-refractivity contribution in [3.05, 3.63) is 45.6 Å². The number of guanidine groups is 1. The third kappa shape index (κ3) is 6.89. The fraction of sp³-hybridized carbons (Fsp3) is 0.444. The molecule has 0 saturated heterocycles. The quantitative estimate of drug-likeness (QED) is 0.206. The van der Waals surface area contributed by atoms with Crippen molar-refractivity contribution in [3.63, 3.8) is 0 Å². The van der Waals surface area contributed by atoms with Crippen molar-refractivity contribution >= 4 is 59.0 Å². The number of halogens is 3. The van der Waals surface area contributed by atoms with Gasteiger partial charge in [0.15, 0.2) is 11.7 Å². The van der Waals surface area contributed by atoms with E-state index < -0.39 is 0 Å². The Morgan fingerprint density at radius 3 is 2.54 bits per heavy atom. The van der Waals surface area contributed by atoms with Gasteiger partial charge in [0.05, 0.1) is 17.8 Å². The molecule has 10 heteroatoms. The molecule has 0 unspecified atom stereocenters. The first-order chi connectivity index (χ1) is 12.9. The molecule has 0 aromatic carbocycles. The summed E-state index contributed by atoms with van der Waals surface area (Å²) in [5, 5.41) is 10.3. The van der Waals surface area contributed by atoms with E-state index >= 15 is 0 Å². The second-order valence-corrected chi connectivity index (χ2v) is 6.76. The van der Waals surface area contributed by atoms with Crippen molar-refractivity contribution < 1.29 is 9.21 Å². The summed E-state index contributed by atoms with van der Waals surface area (Å²) >= 11 is 12.1. The highest BCUT2D eigenvalue weighted by atomic mass is 127. The van der Waals surface area contributed by atoms with Crippen LogP contribution in [0.15, 0.2) is 27.8 Å². The molecule has 0 bridgehead atoms. The number of aryl methyl sites for hydroxylation is 1. The fourth-order valence-corrected chi connectivity index (χ4v) is 2.84. The topological polar surface area (TPSA) is 83.6 Å². The van der Waals surface area contributed by atoms with Crippen LogP contribution in [0.5, 0.6) is 0 Å². The number of furan rings is 1. The summed E-state index contributed by atoms with van der Waals surface area (Å²) in [6.45, 7) is 6.24. The molecule has 1 amide bonds. The van der Waals surface area contributed by atoms with Gasteiger partial charge < -0.3 is 24.9 Å². The third-order valence-corrected chi connectivity index (χ3v) is 4.80. The first kappa shape index (κ1) is 24.6. The summed E-state index contributed by atoms with van der Waals surface area (Å²) in [5.74, 6) is 0.854. The molecule has 0 aliphatic heterocycles. The molecule has 0 fully saturated rings. The van der Waals surface area contributed by atoms with Gasteiger partial charge in [-0.05, 0) is 32.4 Å². The van der Waals surface area contributed by atoms with Crippen LogP contribution in [0, 0.1) is 6.92 Å². The van der Waals surface area contributed by atoms with Crippen molar-refractivity contribution in [1.29, 1.82) is 0 Å². The highest BCUT2D eigenvalue weighted by molar-refractivity contribution is 14.0. The molecule has 2 heterocycles. The van der Waals surface area contributed by atoms with Crippen LogP contribution in [-0.4, -0.2) is 36.1 Å². The van der Waals surface area contributed by atoms with Gasteiger partial charge in [0.25, 0.3) is 5.91 Å². The lowest BCUT2D eigenvalue weighted by atomic mass is 10.2. The van der Waals surface area contributed by atoms with E-state index in [0.717, 1.165) is 24.2 Å². The van der Waals surface area contributed by atoms with Gasteiger partial charge in [0.1, 0.15) is 5.15 Å². The van der Waals surface area contributed by atoms with Crippen molar-refractivity contribution in [2.75, 3.05) is 19.6 Å². The van der Waals surface area contributed by atoms with Crippen LogP contribution in [0.1, 0.15) is 35.2 Å². The molecule has 2 rings (SSSR count). The van der Waals surface area contributed by atoms with E-state index in [2.05, 4.69) is 20.9 Å². The van der Waals surface area contributed by atoms with Crippen molar-refractivity contribution in [2.24, 2.45) is 12.0 Å². The lowest BCUT2D eigenvalue weighted by Gasteiger charge is -2.11. The predicted molar refractivity (Wildman–Crippen MR) is 124 cm³/mol. The molecule has 7 nitrogen and oxygen atoms in total. The first-order valence-corrected chi connectivity index (χ1v) is 9.53. The summed E-state index contributed by atoms with van der Waals surface area (Å²) in [6.07, 6.45) is 2.26. The van der Waals surface area contributed by atoms with Gasteiger partial charge in [0.2, 0.25) is 0 Å². The number of hydrogen-bond acceptors (Lipinski definition) is 3. The molecule has 28 heavy (non-hydrogen) atoms. The summed E-state index contributed by atoms with van der Waals surface area (Å²) in [4.78, 5) is 16.5. The van der Waals surface area contributed by atoms with Crippen molar-refractivity contribution in [2.45, 2.75) is 26.8 Å². The number of amides is 1. The molecule has 0 saturated carbocycles. The second-order valence-electron chi connectivity index (χ2n) is 6.00. The number of carbonyl (C=O) groups excluding carboxylic acids is 1. The van der Waals surface area contributed by atoms with E-state index in [4.69, 9.17) is 27.6 Å². The molecule has 2 aromatic rings. The Balaban J connectivity index is 0.00000392. The first-order valence-electron chi connectivity index (χ1n) is 8.78. The average molecular weight is 542 g/mol. The molecule has 2 aromatic heterocycles. The second kappa shape index (κ2) is 12.2. The summed E-state index contributed by atoms with van der Waals surface area (Å²) < 4.78 is 6.98. The van der Waals surface area contributed by atoms with E-state index in [9.17, 15) is 4.79 Å². The molecular weight excluding hydrogens is 516 g/mol. The van der Waals surface area contributed by atoms with E-state index in [0.29, 0.717) is 41.5 Å². The van der Waals surface area contributed by atoms with Gasteiger partial charge in [-0.2, -0.15) is 0 Å². The monoisotopic (exact) mass is 541 g/mol. The standard InChI is InChI=1S/C18H25Cl2N5O2.HI/c1-4-21-18(24-11-13-10-14(19)16(20)25(13)3)23-8-5-7-22-17(26)15-12(2)6-9-27-15;/h6,9-10H,4-5,7-8,11H2,1-3H3,(H,22,26)(H2,21,23,24);1H. The van der Waals surface area contributed by atoms with Crippen molar-refractivity contribution in [3.8, 4) is 0 Å². The minimum atomic E-state index is -0.199. The molecule has 0 atom stereocenters. The molecular formula is C18H26Cl2IN5O2. The van der Waals surface area contributed by atoms with Crippen LogP contribution >= 0.6 is 47.2 Å². The average Bonchev–Trinajstić information content (AvgIpc) is 3.18. The van der Waals surface area contributed by atoms with Gasteiger partial charge in [-0.15, -0.1) is 24.0 Å². The third-order valence-electron chi connectivity index (χ3n) is 3.96. The van der Waals surface area contributed by atoms with Crippen LogP contribution in [0.25, 0.3) is 0 Å². The minimum Gasteiger partial charge on any atom is -0.459 e. The lowest BCUT2D eigenvalue weighted by Crippen LogP contribution is -2.38. The Kier molecular flexibility index (Phi) is 10.8. The normalized spacial score (nSPS) is 11.1. The minimum absolute atomic E-state index is 0. The largest absolute Gasteiger partial charge is 0.459 e. The maximum absolute atomic E-state index is 12.0. The van der Waals surface area contributed by atoms with E-state index in [1.807, 2.05) is 31.5 Å². The molecule has 0 aliphatic carbocycles. The maximum Gasteiger partial charge on any atom is 0.287 e. The van der Waals surface area contributed by atoms with Crippen molar-refractivity contribution in [1.82, 2.24) is 20.5 Å². The van der Waals surface area contributed by atoms with Crippen LogP contribution in [0.2, 0.25) is 10.2 Å². The zero-order valence-electron chi connectivity index (χ0n) is 16.1. The van der Waals surface area contributed by atoms with Crippen LogP contribution in [0.3, 0.4) is 0 Å². The zero-order chi connectivity index (χ0) is 19.8. The molecule has 3 N–H and O–H groups in total. The van der Waals surface area contributed by atoms with E-state index in [1.165, 1.54) is 6.26 Å². The van der Waals surface area contributed by atoms with Gasteiger partial charge in [-0.3, -0.25) is 4.79 Å². The van der Waals surface area contributed by atoms with Gasteiger partial charge in [0, 0.05) is 37.9 Å². The van der Waals surface area contributed by atoms with E-state index in [-0.39, 0.29) is 29.9 Å². The summed E-state index contributed by atoms with van der Waals surface area (Å²) in [6, 6.07) is 3.58. The number of nitrogens with zero attached hydrogens (tertiary/aromatic N) is 2. The zero-order valence-corrected chi connectivity index (χ0v) is 20.0. The number of rotatable bonds is 8. The smallest absolute Gasteiger partial charge is 0.287 e. The number of carbonyl (C=O) groups is 1. The Morgan fingerprint density at radius 2 is 1.96 bits per heavy atom. The van der Waals surface area contributed by atoms with Crippen LogP contribution in [-0.2, 0) is 13.6 Å². The molecule has 0 aliphatic rings. The summed E-state index contributed by atoms with van der Waals surface area (Å²) in [7, 11) is 1.85. The lowest BCUT2D eigenvalue weighted by molar-refractivity contribution is 0.0925. The number of aliphatic imine (C=N–C) groups is 1. The highest BCUT2D eigenvalue weighted by Gasteiger charge is 2.11. The number of hydrogen-bond donors (Lipinski definition) is 3. The summed E-state index contributed by atoms with van der Waals surface area (Å²) in [5.41, 5.74) is 1.75. The number of nitrogens with one attached hydrogen (secondary N) is 3. The number of aromatic nitrogens is 1.